The Balaban J connectivity index is 1.37. The Morgan fingerprint density at radius 3 is 3.07 bits per heavy atom. The Kier molecular flexibility index (Phi) is 5.05. The molecule has 3 heterocycles. The molecule has 1 aromatic heterocycles. The Hall–Kier alpha value is -2.13. The molecule has 0 saturated carbocycles. The maximum Gasteiger partial charge on any atom is 0.397 e. The number of nitrogen functional groups attached to an aromatic ring is 1. The van der Waals surface area contributed by atoms with E-state index in [1.165, 1.54) is 0 Å². The summed E-state index contributed by atoms with van der Waals surface area (Å²) in [6, 6.07) is 7.38. The van der Waals surface area contributed by atoms with Crippen molar-refractivity contribution in [2.45, 2.75) is 31.5 Å². The zero-order valence-corrected chi connectivity index (χ0v) is 14.9. The molecule has 0 radical (unpaired) electrons. The van der Waals surface area contributed by atoms with Gasteiger partial charge in [-0.15, -0.1) is 0 Å². The molecule has 0 amide bonds. The van der Waals surface area contributed by atoms with Crippen molar-refractivity contribution in [2.24, 2.45) is 0 Å². The van der Waals surface area contributed by atoms with E-state index in [2.05, 4.69) is 4.98 Å². The molecule has 11 heteroatoms. The number of nitrogens with zero attached hydrogens (tertiary/aromatic N) is 2. The van der Waals surface area contributed by atoms with Gasteiger partial charge in [-0.2, -0.15) is 4.98 Å². The van der Waals surface area contributed by atoms with Gasteiger partial charge in [-0.1, -0.05) is 18.2 Å². The number of rotatable bonds is 4. The van der Waals surface area contributed by atoms with E-state index >= 15 is 0 Å². The smallest absolute Gasteiger partial charge is 0.397 e. The van der Waals surface area contributed by atoms with E-state index in [0.29, 0.717) is 12.4 Å². The van der Waals surface area contributed by atoms with E-state index in [9.17, 15) is 13.6 Å². The van der Waals surface area contributed by atoms with Crippen molar-refractivity contribution in [1.29, 1.82) is 0 Å². The minimum absolute atomic E-state index is 0.134. The van der Waals surface area contributed by atoms with Gasteiger partial charge in [0.1, 0.15) is 24.3 Å². The van der Waals surface area contributed by atoms with Crippen molar-refractivity contribution < 1.29 is 27.1 Å². The van der Waals surface area contributed by atoms with Gasteiger partial charge < -0.3 is 15.0 Å². The lowest BCUT2D eigenvalue weighted by atomic mass is 10.2. The number of nitrogens with two attached hydrogens (primary N) is 1. The lowest BCUT2D eigenvalue weighted by molar-refractivity contribution is -0.0338. The maximum absolute atomic E-state index is 14.3. The summed E-state index contributed by atoms with van der Waals surface area (Å²) >= 11 is 0. The van der Waals surface area contributed by atoms with Crippen LogP contribution in [0, 0.1) is 5.82 Å². The third-order valence-corrected chi connectivity index (χ3v) is 5.27. The molecule has 0 spiro atoms. The number of ether oxygens (including phenoxy) is 1. The van der Waals surface area contributed by atoms with Gasteiger partial charge in [0.05, 0.1) is 19.4 Å². The molecule has 2 aliphatic heterocycles. The monoisotopic (exact) mass is 399 g/mol. The van der Waals surface area contributed by atoms with Crippen LogP contribution >= 0.6 is 8.60 Å². The molecular weight excluding hydrogens is 383 g/mol. The molecule has 27 heavy (non-hydrogen) atoms. The topological polar surface area (TPSA) is 97.8 Å². The summed E-state index contributed by atoms with van der Waals surface area (Å²) in [4.78, 5) is 15.2. The fourth-order valence-electron chi connectivity index (χ4n) is 2.81. The number of anilines is 1. The average Bonchev–Trinajstić information content (AvgIpc) is 3.03. The first-order valence-corrected chi connectivity index (χ1v) is 9.26. The Labute approximate surface area is 153 Å². The van der Waals surface area contributed by atoms with Crippen LogP contribution in [0.4, 0.5) is 14.6 Å². The second-order valence-electron chi connectivity index (χ2n) is 6.04. The Morgan fingerprint density at radius 2 is 2.22 bits per heavy atom. The lowest BCUT2D eigenvalue weighted by Gasteiger charge is -2.24. The van der Waals surface area contributed by atoms with E-state index < -0.39 is 44.4 Å². The zero-order valence-electron chi connectivity index (χ0n) is 14.0. The molecule has 4 unspecified atom stereocenters. The van der Waals surface area contributed by atoms with Crippen LogP contribution in [-0.4, -0.2) is 28.4 Å². The quantitative estimate of drug-likeness (QED) is 0.789. The first kappa shape index (κ1) is 18.2. The number of hydrogen-bond acceptors (Lipinski definition) is 7. The fraction of sp³-hybridized carbons (Fsp3) is 0.375. The normalized spacial score (nSPS) is 27.2. The standard InChI is InChI=1S/C16H16F2N3O5P/c17-10-5-14(21-6-11(18)15(19)20-16(21)22)25-13(10)8-24-27-23-7-9-3-1-2-4-12(9)26-27/h1-4,6,10,13-14H,5,7-8H2,(H2,19,20,22). The largest absolute Gasteiger partial charge is 0.426 e. The molecule has 1 fully saturated rings. The summed E-state index contributed by atoms with van der Waals surface area (Å²) in [6.45, 7) is 0.200. The van der Waals surface area contributed by atoms with Crippen LogP contribution in [0.25, 0.3) is 0 Å². The summed E-state index contributed by atoms with van der Waals surface area (Å²) in [5, 5.41) is 0. The van der Waals surface area contributed by atoms with Gasteiger partial charge >= 0.3 is 14.3 Å². The van der Waals surface area contributed by atoms with E-state index in [1.807, 2.05) is 18.2 Å². The number of aromatic nitrogens is 2. The van der Waals surface area contributed by atoms with Crippen LogP contribution < -0.4 is 15.9 Å². The van der Waals surface area contributed by atoms with Crippen LogP contribution in [0.2, 0.25) is 0 Å². The number of benzene rings is 1. The summed E-state index contributed by atoms with van der Waals surface area (Å²) in [7, 11) is -1.68. The van der Waals surface area contributed by atoms with E-state index in [4.69, 9.17) is 24.0 Å². The molecule has 0 aliphatic carbocycles. The molecule has 2 aromatic rings. The Bertz CT molecular complexity index is 899. The predicted molar refractivity (Wildman–Crippen MR) is 91.0 cm³/mol. The number of para-hydroxylation sites is 1. The van der Waals surface area contributed by atoms with Gasteiger partial charge in [0.25, 0.3) is 0 Å². The van der Waals surface area contributed by atoms with Gasteiger partial charge in [0.15, 0.2) is 11.6 Å². The molecule has 1 aromatic carbocycles. The summed E-state index contributed by atoms with van der Waals surface area (Å²) in [5.41, 5.74) is 5.34. The van der Waals surface area contributed by atoms with E-state index in [1.54, 1.807) is 6.07 Å². The van der Waals surface area contributed by atoms with Crippen LogP contribution in [0.15, 0.2) is 35.3 Å². The van der Waals surface area contributed by atoms with Crippen LogP contribution in [-0.2, 0) is 20.4 Å². The highest BCUT2D eigenvalue weighted by molar-refractivity contribution is 7.42. The lowest BCUT2D eigenvalue weighted by Crippen LogP contribution is -2.29. The number of hydrogen-bond donors (Lipinski definition) is 1. The van der Waals surface area contributed by atoms with Crippen molar-refractivity contribution in [3.05, 3.63) is 52.3 Å². The molecular formula is C16H16F2N3O5P. The summed E-state index contributed by atoms with van der Waals surface area (Å²) in [5.74, 6) is -0.730. The second kappa shape index (κ2) is 7.47. The molecule has 144 valence electrons. The van der Waals surface area contributed by atoms with Gasteiger partial charge in [-0.3, -0.25) is 13.6 Å². The zero-order chi connectivity index (χ0) is 19.0. The first-order valence-electron chi connectivity index (χ1n) is 8.17. The van der Waals surface area contributed by atoms with Gasteiger partial charge in [-0.25, -0.2) is 13.6 Å². The Morgan fingerprint density at radius 1 is 1.41 bits per heavy atom. The van der Waals surface area contributed by atoms with Gasteiger partial charge in [-0.05, 0) is 6.07 Å². The fourth-order valence-corrected chi connectivity index (χ4v) is 3.84. The summed E-state index contributed by atoms with van der Waals surface area (Å²) in [6.07, 6.45) is -2.63. The predicted octanol–water partition coefficient (Wildman–Crippen LogP) is 2.44. The highest BCUT2D eigenvalue weighted by atomic mass is 31.2. The average molecular weight is 399 g/mol. The molecule has 4 atom stereocenters. The van der Waals surface area contributed by atoms with Crippen LogP contribution in [0.5, 0.6) is 5.75 Å². The van der Waals surface area contributed by atoms with Gasteiger partial charge in [0, 0.05) is 12.0 Å². The van der Waals surface area contributed by atoms with Crippen molar-refractivity contribution in [2.75, 3.05) is 12.3 Å². The first-order chi connectivity index (χ1) is 13.0. The molecule has 4 rings (SSSR count). The minimum atomic E-state index is -1.68. The maximum atomic E-state index is 14.3. The van der Waals surface area contributed by atoms with E-state index in [0.717, 1.165) is 16.3 Å². The van der Waals surface area contributed by atoms with E-state index in [-0.39, 0.29) is 13.0 Å². The highest BCUT2D eigenvalue weighted by Crippen LogP contribution is 2.47. The third kappa shape index (κ3) is 3.79. The molecule has 1 saturated heterocycles. The molecule has 0 bridgehead atoms. The molecule has 2 aliphatic rings. The third-order valence-electron chi connectivity index (χ3n) is 4.22. The number of alkyl halides is 1. The highest BCUT2D eigenvalue weighted by Gasteiger charge is 2.38. The van der Waals surface area contributed by atoms with Crippen LogP contribution in [0.3, 0.4) is 0 Å². The second-order valence-corrected chi connectivity index (χ2v) is 7.18. The van der Waals surface area contributed by atoms with Gasteiger partial charge in [0.2, 0.25) is 0 Å². The minimum Gasteiger partial charge on any atom is -0.426 e. The van der Waals surface area contributed by atoms with Crippen LogP contribution in [0.1, 0.15) is 18.2 Å². The SMILES string of the molecule is Nc1nc(=O)n(C2CC(F)C(COP3OCc4ccccc4O3)O2)cc1F. The number of halogens is 2. The van der Waals surface area contributed by atoms with Crippen molar-refractivity contribution in [1.82, 2.24) is 9.55 Å². The molecule has 2 N–H and O–H groups in total. The number of fused-ring (bicyclic) bond motifs is 1. The van der Waals surface area contributed by atoms with Crippen molar-refractivity contribution >= 4 is 14.4 Å². The summed E-state index contributed by atoms with van der Waals surface area (Å²) < 4.78 is 50.8. The van der Waals surface area contributed by atoms with Crippen molar-refractivity contribution in [3.8, 4) is 5.75 Å². The van der Waals surface area contributed by atoms with Crippen molar-refractivity contribution in [3.63, 3.8) is 0 Å². The molecule has 8 nitrogen and oxygen atoms in total.